The largest absolute Gasteiger partial charge is 0.444 e. The van der Waals surface area contributed by atoms with E-state index in [-0.39, 0.29) is 12.3 Å². The van der Waals surface area contributed by atoms with Crippen molar-refractivity contribution in [3.8, 4) is 0 Å². The van der Waals surface area contributed by atoms with Crippen LogP contribution < -0.4 is 5.32 Å². The van der Waals surface area contributed by atoms with Crippen LogP contribution in [0.3, 0.4) is 0 Å². The van der Waals surface area contributed by atoms with E-state index in [0.717, 1.165) is 12.8 Å². The number of nitrogens with one attached hydrogen (secondary N) is 1. The van der Waals surface area contributed by atoms with Crippen LogP contribution in [0.25, 0.3) is 0 Å². The van der Waals surface area contributed by atoms with Gasteiger partial charge in [0.15, 0.2) is 9.84 Å². The third kappa shape index (κ3) is 4.93. The average molecular weight is 263 g/mol. The van der Waals surface area contributed by atoms with E-state index in [1.807, 2.05) is 0 Å². The predicted molar refractivity (Wildman–Crippen MR) is 65.7 cm³/mol. The van der Waals surface area contributed by atoms with Gasteiger partial charge in [0.1, 0.15) is 5.60 Å². The third-order valence-corrected chi connectivity index (χ3v) is 4.86. The van der Waals surface area contributed by atoms with Crippen LogP contribution in [0.5, 0.6) is 0 Å². The number of alkyl carbamates (subject to hydrolysis) is 1. The minimum Gasteiger partial charge on any atom is -0.444 e. The van der Waals surface area contributed by atoms with Crippen LogP contribution in [0, 0.1) is 0 Å². The number of carbonyl (C=O) groups is 1. The SMILES string of the molecule is CC(C)(C)OC(=O)NCC1CCCCS1(=O)=O. The molecule has 6 heteroatoms. The smallest absolute Gasteiger partial charge is 0.407 e. The first kappa shape index (κ1) is 14.3. The molecule has 1 atom stereocenters. The van der Waals surface area contributed by atoms with E-state index in [1.165, 1.54) is 0 Å². The lowest BCUT2D eigenvalue weighted by molar-refractivity contribution is 0.0527. The first-order chi connectivity index (χ1) is 7.71. The molecule has 0 aromatic carbocycles. The molecular weight excluding hydrogens is 242 g/mol. The number of carbonyl (C=O) groups excluding carboxylic acids is 1. The number of amides is 1. The first-order valence-electron chi connectivity index (χ1n) is 5.89. The molecule has 17 heavy (non-hydrogen) atoms. The number of rotatable bonds is 2. The quantitative estimate of drug-likeness (QED) is 0.819. The Morgan fingerprint density at radius 3 is 2.53 bits per heavy atom. The Kier molecular flexibility index (Phi) is 4.41. The van der Waals surface area contributed by atoms with Gasteiger partial charge in [-0.1, -0.05) is 6.42 Å². The molecule has 1 saturated heterocycles. The second-order valence-corrected chi connectivity index (χ2v) is 7.77. The van der Waals surface area contributed by atoms with E-state index in [4.69, 9.17) is 4.74 Å². The molecule has 5 nitrogen and oxygen atoms in total. The monoisotopic (exact) mass is 263 g/mol. The summed E-state index contributed by atoms with van der Waals surface area (Å²) >= 11 is 0. The van der Waals surface area contributed by atoms with Gasteiger partial charge in [0.25, 0.3) is 0 Å². The maximum atomic E-state index is 11.7. The molecule has 1 fully saturated rings. The molecular formula is C11H21NO4S. The van der Waals surface area contributed by atoms with Gasteiger partial charge in [-0.3, -0.25) is 0 Å². The van der Waals surface area contributed by atoms with Gasteiger partial charge in [0.05, 0.1) is 11.0 Å². The van der Waals surface area contributed by atoms with Crippen molar-refractivity contribution >= 4 is 15.9 Å². The highest BCUT2D eigenvalue weighted by Crippen LogP contribution is 2.18. The summed E-state index contributed by atoms with van der Waals surface area (Å²) in [5.74, 6) is 0.230. The van der Waals surface area contributed by atoms with E-state index in [2.05, 4.69) is 5.32 Å². The first-order valence-corrected chi connectivity index (χ1v) is 7.61. The minimum atomic E-state index is -3.03. The van der Waals surface area contributed by atoms with E-state index in [9.17, 15) is 13.2 Å². The van der Waals surface area contributed by atoms with E-state index in [0.29, 0.717) is 6.42 Å². The standard InChI is InChI=1S/C11H21NO4S/c1-11(2,3)16-10(13)12-8-9-6-4-5-7-17(9,14)15/h9H,4-8H2,1-3H3,(H,12,13). The van der Waals surface area contributed by atoms with Crippen molar-refractivity contribution in [2.24, 2.45) is 0 Å². The average Bonchev–Trinajstić information content (AvgIpc) is 2.12. The van der Waals surface area contributed by atoms with Gasteiger partial charge < -0.3 is 10.1 Å². The van der Waals surface area contributed by atoms with Crippen molar-refractivity contribution in [1.29, 1.82) is 0 Å². The Morgan fingerprint density at radius 1 is 1.35 bits per heavy atom. The highest BCUT2D eigenvalue weighted by Gasteiger charge is 2.29. The highest BCUT2D eigenvalue weighted by atomic mass is 32.2. The van der Waals surface area contributed by atoms with Crippen LogP contribution in [0.4, 0.5) is 4.79 Å². The molecule has 0 bridgehead atoms. The number of hydrogen-bond donors (Lipinski definition) is 1. The zero-order chi connectivity index (χ0) is 13.1. The number of sulfone groups is 1. The summed E-state index contributed by atoms with van der Waals surface area (Å²) in [6.45, 7) is 5.45. The lowest BCUT2D eigenvalue weighted by atomic mass is 10.2. The fourth-order valence-corrected chi connectivity index (χ4v) is 3.56. The normalized spacial score (nSPS) is 24.1. The van der Waals surface area contributed by atoms with Gasteiger partial charge in [-0.2, -0.15) is 0 Å². The lowest BCUT2D eigenvalue weighted by Gasteiger charge is -2.24. The Labute approximate surface area is 103 Å². The molecule has 1 N–H and O–H groups in total. The molecule has 0 aromatic rings. The Bertz CT molecular complexity index is 369. The summed E-state index contributed by atoms with van der Waals surface area (Å²) in [5, 5.41) is 2.07. The Morgan fingerprint density at radius 2 is 2.00 bits per heavy atom. The second-order valence-electron chi connectivity index (χ2n) is 5.37. The van der Waals surface area contributed by atoms with Crippen LogP contribution in [-0.2, 0) is 14.6 Å². The van der Waals surface area contributed by atoms with Crippen LogP contribution in [-0.4, -0.2) is 37.7 Å². The van der Waals surface area contributed by atoms with Crippen molar-refractivity contribution in [1.82, 2.24) is 5.32 Å². The van der Waals surface area contributed by atoms with Gasteiger partial charge in [-0.05, 0) is 33.6 Å². The van der Waals surface area contributed by atoms with Gasteiger partial charge >= 0.3 is 6.09 Å². The molecule has 1 aliphatic heterocycles. The number of ether oxygens (including phenoxy) is 1. The van der Waals surface area contributed by atoms with E-state index >= 15 is 0 Å². The molecule has 1 unspecified atom stereocenters. The van der Waals surface area contributed by atoms with Crippen LogP contribution in [0.1, 0.15) is 40.0 Å². The summed E-state index contributed by atoms with van der Waals surface area (Å²) in [6.07, 6.45) is 1.70. The number of hydrogen-bond acceptors (Lipinski definition) is 4. The summed E-state index contributed by atoms with van der Waals surface area (Å²) in [4.78, 5) is 11.4. The molecule has 1 amide bonds. The maximum absolute atomic E-state index is 11.7. The lowest BCUT2D eigenvalue weighted by Crippen LogP contribution is -2.41. The van der Waals surface area contributed by atoms with Crippen LogP contribution in [0.15, 0.2) is 0 Å². The van der Waals surface area contributed by atoms with Crippen molar-refractivity contribution in [2.75, 3.05) is 12.3 Å². The molecule has 1 aliphatic rings. The van der Waals surface area contributed by atoms with Crippen molar-refractivity contribution in [3.05, 3.63) is 0 Å². The molecule has 0 saturated carbocycles. The van der Waals surface area contributed by atoms with Gasteiger partial charge in [0.2, 0.25) is 0 Å². The van der Waals surface area contributed by atoms with E-state index in [1.54, 1.807) is 20.8 Å². The molecule has 0 aromatic heterocycles. The van der Waals surface area contributed by atoms with Gasteiger partial charge in [-0.25, -0.2) is 13.2 Å². The fourth-order valence-electron chi connectivity index (χ4n) is 1.76. The molecule has 0 spiro atoms. The van der Waals surface area contributed by atoms with Crippen LogP contribution in [0.2, 0.25) is 0 Å². The Hall–Kier alpha value is -0.780. The third-order valence-electron chi connectivity index (χ3n) is 2.59. The highest BCUT2D eigenvalue weighted by molar-refractivity contribution is 7.92. The second kappa shape index (κ2) is 5.25. The van der Waals surface area contributed by atoms with Crippen molar-refractivity contribution < 1.29 is 17.9 Å². The zero-order valence-electron chi connectivity index (χ0n) is 10.7. The predicted octanol–water partition coefficient (Wildman–Crippen LogP) is 1.48. The van der Waals surface area contributed by atoms with Crippen molar-refractivity contribution in [3.63, 3.8) is 0 Å². The molecule has 1 rings (SSSR count). The topological polar surface area (TPSA) is 72.5 Å². The van der Waals surface area contributed by atoms with Crippen molar-refractivity contribution in [2.45, 2.75) is 50.9 Å². The van der Waals surface area contributed by atoms with Crippen LogP contribution >= 0.6 is 0 Å². The summed E-state index contributed by atoms with van der Waals surface area (Å²) in [6, 6.07) is 0. The van der Waals surface area contributed by atoms with E-state index < -0.39 is 26.8 Å². The molecule has 1 heterocycles. The summed E-state index contributed by atoms with van der Waals surface area (Å²) in [5.41, 5.74) is -0.560. The fraction of sp³-hybridized carbons (Fsp3) is 0.909. The van der Waals surface area contributed by atoms with Gasteiger partial charge in [-0.15, -0.1) is 0 Å². The van der Waals surface area contributed by atoms with Gasteiger partial charge in [0, 0.05) is 6.54 Å². The summed E-state index contributed by atoms with van der Waals surface area (Å²) in [7, 11) is -3.03. The molecule has 0 aliphatic carbocycles. The maximum Gasteiger partial charge on any atom is 0.407 e. The minimum absolute atomic E-state index is 0.150. The molecule has 0 radical (unpaired) electrons. The zero-order valence-corrected chi connectivity index (χ0v) is 11.5. The molecule has 100 valence electrons. The Balaban J connectivity index is 2.42. The summed E-state index contributed by atoms with van der Waals surface area (Å²) < 4.78 is 28.4.